The monoisotopic (exact) mass is 260 g/mol. The molecule has 0 heterocycles. The van der Waals surface area contributed by atoms with Crippen molar-refractivity contribution in [2.75, 3.05) is 40.0 Å². The van der Waals surface area contributed by atoms with Gasteiger partial charge < -0.3 is 14.8 Å². The minimum absolute atomic E-state index is 0.210. The minimum Gasteiger partial charge on any atom is -0.468 e. The predicted molar refractivity (Wildman–Crippen MR) is 72.7 cm³/mol. The first-order valence-electron chi connectivity index (χ1n) is 6.69. The summed E-state index contributed by atoms with van der Waals surface area (Å²) in [6.07, 6.45) is 0. The highest BCUT2D eigenvalue weighted by molar-refractivity contribution is 5.75. The van der Waals surface area contributed by atoms with Crippen molar-refractivity contribution in [1.29, 1.82) is 0 Å². The van der Waals surface area contributed by atoms with Gasteiger partial charge in [-0.1, -0.05) is 20.8 Å². The third kappa shape index (κ3) is 7.63. The van der Waals surface area contributed by atoms with Crippen molar-refractivity contribution in [2.45, 2.75) is 39.8 Å². The standard InChI is InChI=1S/C13H28N2O3/c1-6-15(8-9-18-7-2)10-12(13(16)17-5)14-11(3)4/h11-12,14H,6-10H2,1-5H3. The van der Waals surface area contributed by atoms with E-state index >= 15 is 0 Å². The van der Waals surface area contributed by atoms with E-state index in [0.717, 1.165) is 19.7 Å². The van der Waals surface area contributed by atoms with E-state index in [1.54, 1.807) is 0 Å². The van der Waals surface area contributed by atoms with Gasteiger partial charge in [0.15, 0.2) is 0 Å². The number of esters is 1. The molecule has 0 fully saturated rings. The van der Waals surface area contributed by atoms with Gasteiger partial charge in [0.05, 0.1) is 13.7 Å². The fourth-order valence-corrected chi connectivity index (χ4v) is 1.71. The second kappa shape index (κ2) is 10.3. The molecule has 18 heavy (non-hydrogen) atoms. The molecule has 0 aliphatic heterocycles. The average Bonchev–Trinajstić information content (AvgIpc) is 2.35. The molecule has 0 amide bonds. The fourth-order valence-electron chi connectivity index (χ4n) is 1.71. The van der Waals surface area contributed by atoms with Crippen molar-refractivity contribution in [3.63, 3.8) is 0 Å². The van der Waals surface area contributed by atoms with Crippen LogP contribution in [-0.4, -0.2) is 62.9 Å². The normalized spacial score (nSPS) is 13.1. The largest absolute Gasteiger partial charge is 0.468 e. The van der Waals surface area contributed by atoms with E-state index in [2.05, 4.69) is 17.1 Å². The molecule has 5 heteroatoms. The number of carbonyl (C=O) groups excluding carboxylic acids is 1. The molecular weight excluding hydrogens is 232 g/mol. The summed E-state index contributed by atoms with van der Waals surface area (Å²) in [6.45, 7) is 11.9. The van der Waals surface area contributed by atoms with Crippen LogP contribution in [-0.2, 0) is 14.3 Å². The van der Waals surface area contributed by atoms with Crippen molar-refractivity contribution >= 4 is 5.97 Å². The highest BCUT2D eigenvalue weighted by Gasteiger charge is 2.22. The third-order valence-corrected chi connectivity index (χ3v) is 2.66. The lowest BCUT2D eigenvalue weighted by Crippen LogP contribution is -2.49. The Morgan fingerprint density at radius 2 is 2.00 bits per heavy atom. The van der Waals surface area contributed by atoms with Crippen LogP contribution in [0.25, 0.3) is 0 Å². The number of ether oxygens (including phenoxy) is 2. The smallest absolute Gasteiger partial charge is 0.324 e. The van der Waals surface area contributed by atoms with Crippen LogP contribution in [0.4, 0.5) is 0 Å². The van der Waals surface area contributed by atoms with E-state index in [1.165, 1.54) is 7.11 Å². The van der Waals surface area contributed by atoms with Gasteiger partial charge in [-0.05, 0) is 13.5 Å². The summed E-state index contributed by atoms with van der Waals surface area (Å²) in [5.74, 6) is -0.210. The number of nitrogens with zero attached hydrogens (tertiary/aromatic N) is 1. The first-order valence-corrected chi connectivity index (χ1v) is 6.69. The van der Waals surface area contributed by atoms with Gasteiger partial charge in [0.2, 0.25) is 0 Å². The molecule has 0 aromatic rings. The van der Waals surface area contributed by atoms with Crippen molar-refractivity contribution in [1.82, 2.24) is 10.2 Å². The van der Waals surface area contributed by atoms with Crippen LogP contribution in [0.3, 0.4) is 0 Å². The summed E-state index contributed by atoms with van der Waals surface area (Å²) in [6, 6.07) is -0.0312. The second-order valence-corrected chi connectivity index (χ2v) is 4.49. The summed E-state index contributed by atoms with van der Waals surface area (Å²) >= 11 is 0. The molecule has 108 valence electrons. The van der Waals surface area contributed by atoms with E-state index in [-0.39, 0.29) is 18.1 Å². The van der Waals surface area contributed by atoms with Crippen LogP contribution >= 0.6 is 0 Å². The molecule has 1 N–H and O–H groups in total. The molecule has 0 rings (SSSR count). The van der Waals surface area contributed by atoms with Crippen molar-refractivity contribution in [3.05, 3.63) is 0 Å². The summed E-state index contributed by atoms with van der Waals surface area (Å²) in [5, 5.41) is 3.23. The molecular formula is C13H28N2O3. The van der Waals surface area contributed by atoms with Crippen molar-refractivity contribution < 1.29 is 14.3 Å². The first kappa shape index (κ1) is 17.4. The van der Waals surface area contributed by atoms with Crippen LogP contribution in [0, 0.1) is 0 Å². The van der Waals surface area contributed by atoms with Gasteiger partial charge in [0, 0.05) is 25.7 Å². The van der Waals surface area contributed by atoms with Gasteiger partial charge in [-0.3, -0.25) is 9.69 Å². The predicted octanol–water partition coefficient (Wildman–Crippen LogP) is 0.884. The Bertz CT molecular complexity index is 222. The average molecular weight is 260 g/mol. The van der Waals surface area contributed by atoms with Gasteiger partial charge in [-0.25, -0.2) is 0 Å². The van der Waals surface area contributed by atoms with E-state index in [0.29, 0.717) is 13.2 Å². The maximum Gasteiger partial charge on any atom is 0.324 e. The minimum atomic E-state index is -0.281. The summed E-state index contributed by atoms with van der Waals surface area (Å²) in [5.41, 5.74) is 0. The zero-order valence-corrected chi connectivity index (χ0v) is 12.4. The SMILES string of the molecule is CCOCCN(CC)CC(NC(C)C)C(=O)OC. The Labute approximate surface area is 111 Å². The zero-order chi connectivity index (χ0) is 14.0. The quantitative estimate of drug-likeness (QED) is 0.467. The number of hydrogen-bond acceptors (Lipinski definition) is 5. The van der Waals surface area contributed by atoms with Gasteiger partial charge in [0.25, 0.3) is 0 Å². The Kier molecular flexibility index (Phi) is 9.92. The topological polar surface area (TPSA) is 50.8 Å². The van der Waals surface area contributed by atoms with E-state index < -0.39 is 0 Å². The molecule has 5 nitrogen and oxygen atoms in total. The number of nitrogens with one attached hydrogen (secondary N) is 1. The molecule has 0 saturated carbocycles. The number of hydrogen-bond donors (Lipinski definition) is 1. The highest BCUT2D eigenvalue weighted by Crippen LogP contribution is 1.97. The lowest BCUT2D eigenvalue weighted by atomic mass is 10.2. The Morgan fingerprint density at radius 1 is 1.33 bits per heavy atom. The van der Waals surface area contributed by atoms with Crippen LogP contribution in [0.5, 0.6) is 0 Å². The van der Waals surface area contributed by atoms with Crippen LogP contribution in [0.1, 0.15) is 27.7 Å². The fraction of sp³-hybridized carbons (Fsp3) is 0.923. The second-order valence-electron chi connectivity index (χ2n) is 4.49. The Morgan fingerprint density at radius 3 is 2.44 bits per heavy atom. The van der Waals surface area contributed by atoms with E-state index in [4.69, 9.17) is 9.47 Å². The number of methoxy groups -OCH3 is 1. The number of rotatable bonds is 10. The number of carbonyl (C=O) groups is 1. The lowest BCUT2D eigenvalue weighted by Gasteiger charge is -2.26. The van der Waals surface area contributed by atoms with Crippen molar-refractivity contribution in [3.8, 4) is 0 Å². The Hall–Kier alpha value is -0.650. The van der Waals surface area contributed by atoms with Gasteiger partial charge >= 0.3 is 5.97 Å². The first-order chi connectivity index (χ1) is 8.54. The summed E-state index contributed by atoms with van der Waals surface area (Å²) < 4.78 is 10.2. The summed E-state index contributed by atoms with van der Waals surface area (Å²) in [7, 11) is 1.42. The van der Waals surface area contributed by atoms with Gasteiger partial charge in [-0.2, -0.15) is 0 Å². The van der Waals surface area contributed by atoms with Crippen LogP contribution in [0.15, 0.2) is 0 Å². The molecule has 0 aromatic carbocycles. The molecule has 1 atom stereocenters. The number of likely N-dealkylation sites (N-methyl/N-ethyl adjacent to an activating group) is 1. The molecule has 0 saturated heterocycles. The van der Waals surface area contributed by atoms with Crippen LogP contribution < -0.4 is 5.32 Å². The lowest BCUT2D eigenvalue weighted by molar-refractivity contribution is -0.143. The maximum absolute atomic E-state index is 11.7. The molecule has 0 aliphatic rings. The molecule has 0 spiro atoms. The van der Waals surface area contributed by atoms with Gasteiger partial charge in [0.1, 0.15) is 6.04 Å². The molecule has 0 radical (unpaired) electrons. The molecule has 1 unspecified atom stereocenters. The summed E-state index contributed by atoms with van der Waals surface area (Å²) in [4.78, 5) is 13.9. The maximum atomic E-state index is 11.7. The van der Waals surface area contributed by atoms with Crippen LogP contribution in [0.2, 0.25) is 0 Å². The molecule has 0 bridgehead atoms. The third-order valence-electron chi connectivity index (χ3n) is 2.66. The van der Waals surface area contributed by atoms with Crippen molar-refractivity contribution in [2.24, 2.45) is 0 Å². The molecule has 0 aliphatic carbocycles. The highest BCUT2D eigenvalue weighted by atomic mass is 16.5. The zero-order valence-electron chi connectivity index (χ0n) is 12.4. The molecule has 0 aromatic heterocycles. The van der Waals surface area contributed by atoms with E-state index in [9.17, 15) is 4.79 Å². The van der Waals surface area contributed by atoms with E-state index in [1.807, 2.05) is 20.8 Å². The van der Waals surface area contributed by atoms with Gasteiger partial charge in [-0.15, -0.1) is 0 Å². The Balaban J connectivity index is 4.28.